The minimum Gasteiger partial charge on any atom is -0.507 e. The van der Waals surface area contributed by atoms with Gasteiger partial charge in [0.15, 0.2) is 0 Å². The second-order valence-corrected chi connectivity index (χ2v) is 8.69. The molecular weight excluding hydrogens is 380 g/mol. The molecule has 30 heavy (non-hydrogen) atoms. The number of benzene rings is 2. The van der Waals surface area contributed by atoms with Crippen molar-refractivity contribution in [3.05, 3.63) is 46.5 Å². The van der Waals surface area contributed by atoms with Crippen LogP contribution in [0.15, 0.2) is 24.3 Å². The maximum Gasteiger partial charge on any atom is 0.124 e. The van der Waals surface area contributed by atoms with E-state index < -0.39 is 24.0 Å². The van der Waals surface area contributed by atoms with Crippen LogP contribution in [0.2, 0.25) is 0 Å². The second-order valence-electron chi connectivity index (χ2n) is 8.69. The topological polar surface area (TPSA) is 87.4 Å². The molecule has 0 atom stereocenters. The minimum atomic E-state index is -0.861. The molecule has 0 bridgehead atoms. The Kier molecular flexibility index (Phi) is 4.60. The van der Waals surface area contributed by atoms with Crippen molar-refractivity contribution in [2.24, 2.45) is 0 Å². The predicted molar refractivity (Wildman–Crippen MR) is 117 cm³/mol. The molecule has 6 nitrogen and oxygen atoms in total. The molecule has 0 unspecified atom stereocenters. The van der Waals surface area contributed by atoms with Crippen LogP contribution in [0.5, 0.6) is 11.5 Å². The van der Waals surface area contributed by atoms with Crippen LogP contribution < -0.4 is 9.80 Å². The zero-order chi connectivity index (χ0) is 21.2. The Labute approximate surface area is 177 Å². The van der Waals surface area contributed by atoms with Gasteiger partial charge in [-0.05, 0) is 38.8 Å². The van der Waals surface area contributed by atoms with Gasteiger partial charge >= 0.3 is 0 Å². The van der Waals surface area contributed by atoms with Crippen molar-refractivity contribution in [1.29, 1.82) is 0 Å². The number of phenolic OH excluding ortho intramolecular Hbond substituents is 2. The van der Waals surface area contributed by atoms with Crippen molar-refractivity contribution in [2.75, 3.05) is 36.0 Å². The lowest BCUT2D eigenvalue weighted by Crippen LogP contribution is -2.51. The van der Waals surface area contributed by atoms with Gasteiger partial charge in [-0.3, -0.25) is 0 Å². The van der Waals surface area contributed by atoms with Crippen LogP contribution in [0, 0.1) is 0 Å². The molecule has 6 heteroatoms. The highest BCUT2D eigenvalue weighted by molar-refractivity contribution is 5.68. The maximum absolute atomic E-state index is 11.0. The lowest BCUT2D eigenvalue weighted by Gasteiger charge is -2.47. The molecule has 0 saturated heterocycles. The van der Waals surface area contributed by atoms with Gasteiger partial charge in [0.2, 0.25) is 0 Å². The van der Waals surface area contributed by atoms with E-state index in [1.54, 1.807) is 0 Å². The van der Waals surface area contributed by atoms with E-state index in [0.29, 0.717) is 11.1 Å². The van der Waals surface area contributed by atoms with Crippen molar-refractivity contribution >= 4 is 11.4 Å². The Balaban J connectivity index is 1.45. The quantitative estimate of drug-likeness (QED) is 0.620. The molecule has 0 spiro atoms. The van der Waals surface area contributed by atoms with Crippen LogP contribution in [0.1, 0.15) is 47.9 Å². The lowest BCUT2D eigenvalue weighted by atomic mass is 9.62. The molecule has 2 heterocycles. The second kappa shape index (κ2) is 7.06. The van der Waals surface area contributed by atoms with E-state index >= 15 is 0 Å². The van der Waals surface area contributed by atoms with Gasteiger partial charge in [0.25, 0.3) is 0 Å². The first-order valence-corrected chi connectivity index (χ1v) is 11.0. The van der Waals surface area contributed by atoms with Crippen molar-refractivity contribution in [1.82, 2.24) is 0 Å². The Morgan fingerprint density at radius 1 is 0.733 bits per heavy atom. The molecule has 2 aromatic rings. The van der Waals surface area contributed by atoms with Gasteiger partial charge in [-0.2, -0.15) is 0 Å². The molecule has 3 aliphatic rings. The van der Waals surface area contributed by atoms with Crippen LogP contribution in [-0.2, 0) is 12.8 Å². The van der Waals surface area contributed by atoms with Crippen molar-refractivity contribution < 1.29 is 20.4 Å². The zero-order valence-electron chi connectivity index (χ0n) is 17.5. The molecule has 0 amide bonds. The van der Waals surface area contributed by atoms with Crippen LogP contribution >= 0.6 is 0 Å². The van der Waals surface area contributed by atoms with E-state index in [-0.39, 0.29) is 11.5 Å². The van der Waals surface area contributed by atoms with E-state index in [1.807, 2.05) is 24.3 Å². The molecule has 1 saturated carbocycles. The summed E-state index contributed by atoms with van der Waals surface area (Å²) in [6.45, 7) is 7.70. The van der Waals surface area contributed by atoms with E-state index in [2.05, 4.69) is 23.6 Å². The van der Waals surface area contributed by atoms with Gasteiger partial charge in [-0.25, -0.2) is 0 Å². The number of fused-ring (bicyclic) bond motifs is 2. The van der Waals surface area contributed by atoms with Gasteiger partial charge in [-0.15, -0.1) is 0 Å². The number of rotatable bonds is 4. The SMILES string of the molecule is CCN1CCc2c1ccc(C1C(O)C(c3ccc4c(c3O)CCN4CC)C1O)c2O. The van der Waals surface area contributed by atoms with Gasteiger partial charge in [-0.1, -0.05) is 12.1 Å². The van der Waals surface area contributed by atoms with E-state index in [0.717, 1.165) is 61.5 Å². The number of hydrogen-bond acceptors (Lipinski definition) is 6. The van der Waals surface area contributed by atoms with Gasteiger partial charge in [0.05, 0.1) is 12.2 Å². The highest BCUT2D eigenvalue weighted by atomic mass is 16.3. The van der Waals surface area contributed by atoms with E-state index in [9.17, 15) is 20.4 Å². The fraction of sp³-hybridized carbons (Fsp3) is 0.500. The Morgan fingerprint density at radius 3 is 1.50 bits per heavy atom. The number of anilines is 2. The summed E-state index contributed by atoms with van der Waals surface area (Å²) in [6.07, 6.45) is -0.185. The molecule has 5 rings (SSSR count). The summed E-state index contributed by atoms with van der Waals surface area (Å²) in [5.41, 5.74) is 5.07. The van der Waals surface area contributed by atoms with Crippen LogP contribution in [0.3, 0.4) is 0 Å². The summed E-state index contributed by atoms with van der Waals surface area (Å²) in [6, 6.07) is 7.63. The maximum atomic E-state index is 11.0. The average Bonchev–Trinajstić information content (AvgIpc) is 3.36. The summed E-state index contributed by atoms with van der Waals surface area (Å²) >= 11 is 0. The summed E-state index contributed by atoms with van der Waals surface area (Å²) in [5, 5.41) is 43.7. The summed E-state index contributed by atoms with van der Waals surface area (Å²) in [4.78, 5) is 4.44. The molecule has 1 fully saturated rings. The molecule has 0 radical (unpaired) electrons. The summed E-state index contributed by atoms with van der Waals surface area (Å²) in [5.74, 6) is -0.727. The molecule has 160 valence electrons. The summed E-state index contributed by atoms with van der Waals surface area (Å²) < 4.78 is 0. The third kappa shape index (κ3) is 2.56. The van der Waals surface area contributed by atoms with Crippen LogP contribution in [-0.4, -0.2) is 58.8 Å². The molecular formula is C24H30N2O4. The summed E-state index contributed by atoms with van der Waals surface area (Å²) in [7, 11) is 0. The van der Waals surface area contributed by atoms with Crippen molar-refractivity contribution in [3.63, 3.8) is 0 Å². The largest absolute Gasteiger partial charge is 0.507 e. The highest BCUT2D eigenvalue weighted by Crippen LogP contribution is 2.54. The lowest BCUT2D eigenvalue weighted by molar-refractivity contribution is -0.0798. The number of nitrogens with zero attached hydrogens (tertiary/aromatic N) is 2. The predicted octanol–water partition coefficient (Wildman–Crippen LogP) is 2.47. The first-order chi connectivity index (χ1) is 14.5. The number of phenols is 2. The average molecular weight is 411 g/mol. The van der Waals surface area contributed by atoms with Gasteiger partial charge in [0, 0.05) is 71.6 Å². The highest BCUT2D eigenvalue weighted by Gasteiger charge is 2.52. The minimum absolute atomic E-state index is 0.196. The Morgan fingerprint density at radius 2 is 1.13 bits per heavy atom. The van der Waals surface area contributed by atoms with Gasteiger partial charge in [0.1, 0.15) is 11.5 Å². The third-order valence-corrected chi connectivity index (χ3v) is 7.48. The Bertz CT molecular complexity index is 904. The molecule has 1 aliphatic carbocycles. The first kappa shape index (κ1) is 19.5. The van der Waals surface area contributed by atoms with E-state index in [4.69, 9.17) is 0 Å². The fourth-order valence-electron chi connectivity index (χ4n) is 5.74. The number of likely N-dealkylation sites (N-methyl/N-ethyl adjacent to an activating group) is 2. The first-order valence-electron chi connectivity index (χ1n) is 11.0. The number of aliphatic hydroxyl groups excluding tert-OH is 2. The molecule has 0 aromatic heterocycles. The van der Waals surface area contributed by atoms with Crippen molar-refractivity contribution in [3.8, 4) is 11.5 Å². The zero-order valence-corrected chi connectivity index (χ0v) is 17.5. The number of aliphatic hydroxyl groups is 2. The van der Waals surface area contributed by atoms with Crippen LogP contribution in [0.4, 0.5) is 11.4 Å². The molecule has 2 aliphatic heterocycles. The molecule has 4 N–H and O–H groups in total. The number of aromatic hydroxyl groups is 2. The Hall–Kier alpha value is -2.44. The molecule has 2 aromatic carbocycles. The van der Waals surface area contributed by atoms with Crippen molar-refractivity contribution in [2.45, 2.75) is 50.7 Å². The third-order valence-electron chi connectivity index (χ3n) is 7.48. The van der Waals surface area contributed by atoms with Gasteiger partial charge < -0.3 is 30.2 Å². The van der Waals surface area contributed by atoms with Crippen LogP contribution in [0.25, 0.3) is 0 Å². The fourth-order valence-corrected chi connectivity index (χ4v) is 5.74. The number of hydrogen-bond donors (Lipinski definition) is 4. The van der Waals surface area contributed by atoms with E-state index in [1.165, 1.54) is 0 Å². The monoisotopic (exact) mass is 410 g/mol. The normalized spacial score (nSPS) is 27.2. The smallest absolute Gasteiger partial charge is 0.124 e. The standard InChI is InChI=1S/C24H30N2O4/c1-3-25-11-9-13-17(25)7-5-15(21(13)27)19-23(29)20(24(19)30)16-6-8-18-14(22(16)28)10-12-26(18)4-2/h5-8,19-20,23-24,27-30H,3-4,9-12H2,1-2H3.